The molecule has 0 aromatic carbocycles. The molecule has 1 aromatic heterocycles. The van der Waals surface area contributed by atoms with E-state index in [0.29, 0.717) is 6.54 Å². The van der Waals surface area contributed by atoms with Crippen molar-refractivity contribution in [1.82, 2.24) is 10.1 Å². The van der Waals surface area contributed by atoms with Gasteiger partial charge in [-0.05, 0) is 19.3 Å². The van der Waals surface area contributed by atoms with Crippen LogP contribution in [0.4, 0.5) is 0 Å². The maximum absolute atomic E-state index is 5.95. The molecule has 0 saturated heterocycles. The molecule has 0 radical (unpaired) electrons. The zero-order valence-electron chi connectivity index (χ0n) is 11.2. The minimum absolute atomic E-state index is 0.0647. The number of nitrogens with two attached hydrogens (primary N) is 1. The first-order valence-corrected chi connectivity index (χ1v) is 6.83. The summed E-state index contributed by atoms with van der Waals surface area (Å²) in [6.07, 6.45) is 7.57. The molecule has 102 valence electrons. The Bertz CT molecular complexity index is 359. The second kappa shape index (κ2) is 6.29. The van der Waals surface area contributed by atoms with Gasteiger partial charge in [0.1, 0.15) is 0 Å². The van der Waals surface area contributed by atoms with E-state index in [2.05, 4.69) is 10.1 Å². The van der Waals surface area contributed by atoms with Crippen LogP contribution in [0.15, 0.2) is 4.52 Å². The van der Waals surface area contributed by atoms with Crippen LogP contribution < -0.4 is 5.73 Å². The summed E-state index contributed by atoms with van der Waals surface area (Å²) < 4.78 is 10.5. The molecule has 0 atom stereocenters. The van der Waals surface area contributed by atoms with Crippen molar-refractivity contribution in [2.24, 2.45) is 5.73 Å². The number of ether oxygens (including phenoxy) is 1. The number of methoxy groups -OCH3 is 1. The van der Waals surface area contributed by atoms with Gasteiger partial charge in [0, 0.05) is 26.7 Å². The van der Waals surface area contributed by atoms with Crippen LogP contribution in [-0.4, -0.2) is 30.4 Å². The predicted molar refractivity (Wildman–Crippen MR) is 68.3 cm³/mol. The van der Waals surface area contributed by atoms with Crippen LogP contribution in [0.25, 0.3) is 0 Å². The van der Waals surface area contributed by atoms with Crippen molar-refractivity contribution in [3.05, 3.63) is 11.7 Å². The summed E-state index contributed by atoms with van der Waals surface area (Å²) >= 11 is 0. The monoisotopic (exact) mass is 253 g/mol. The molecule has 1 fully saturated rings. The molecule has 0 unspecified atom stereocenters. The molecular weight excluding hydrogens is 230 g/mol. The Morgan fingerprint density at radius 3 is 2.78 bits per heavy atom. The van der Waals surface area contributed by atoms with Crippen LogP contribution >= 0.6 is 0 Å². The molecule has 0 aliphatic heterocycles. The van der Waals surface area contributed by atoms with E-state index in [0.717, 1.165) is 44.0 Å². The molecule has 0 amide bonds. The molecule has 2 rings (SSSR count). The molecule has 1 aromatic rings. The van der Waals surface area contributed by atoms with Crippen LogP contribution in [0.5, 0.6) is 0 Å². The molecule has 1 heterocycles. The van der Waals surface area contributed by atoms with Gasteiger partial charge in [0.15, 0.2) is 5.82 Å². The molecule has 5 nitrogen and oxygen atoms in total. The number of hydrogen-bond acceptors (Lipinski definition) is 5. The number of aromatic nitrogens is 2. The number of aryl methyl sites for hydroxylation is 1. The van der Waals surface area contributed by atoms with Crippen molar-refractivity contribution < 1.29 is 9.26 Å². The van der Waals surface area contributed by atoms with Gasteiger partial charge in [-0.1, -0.05) is 24.4 Å². The van der Waals surface area contributed by atoms with Crippen molar-refractivity contribution in [1.29, 1.82) is 0 Å². The van der Waals surface area contributed by atoms with Crippen molar-refractivity contribution in [2.75, 3.05) is 20.3 Å². The number of rotatable bonds is 6. The highest BCUT2D eigenvalue weighted by molar-refractivity contribution is 5.08. The highest BCUT2D eigenvalue weighted by atomic mass is 16.5. The zero-order valence-corrected chi connectivity index (χ0v) is 11.2. The lowest BCUT2D eigenvalue weighted by Crippen LogP contribution is -2.37. The molecule has 5 heteroatoms. The maximum Gasteiger partial charge on any atom is 0.234 e. The SMILES string of the molecule is COCCCc1noc(C2(CN)CCCCC2)n1. The van der Waals surface area contributed by atoms with Crippen molar-refractivity contribution >= 4 is 0 Å². The second-order valence-electron chi connectivity index (χ2n) is 5.16. The third-order valence-corrected chi connectivity index (χ3v) is 3.87. The highest BCUT2D eigenvalue weighted by Crippen LogP contribution is 2.37. The third-order valence-electron chi connectivity index (χ3n) is 3.87. The first kappa shape index (κ1) is 13.5. The summed E-state index contributed by atoms with van der Waals surface area (Å²) in [4.78, 5) is 4.54. The van der Waals surface area contributed by atoms with Crippen LogP contribution in [0.2, 0.25) is 0 Å². The quantitative estimate of drug-likeness (QED) is 0.783. The smallest absolute Gasteiger partial charge is 0.234 e. The van der Waals surface area contributed by atoms with Gasteiger partial charge in [0.25, 0.3) is 0 Å². The van der Waals surface area contributed by atoms with Gasteiger partial charge in [-0.2, -0.15) is 4.98 Å². The van der Waals surface area contributed by atoms with E-state index in [1.54, 1.807) is 7.11 Å². The molecule has 0 bridgehead atoms. The van der Waals surface area contributed by atoms with E-state index in [-0.39, 0.29) is 5.41 Å². The minimum Gasteiger partial charge on any atom is -0.385 e. The summed E-state index contributed by atoms with van der Waals surface area (Å²) in [5.74, 6) is 1.53. The lowest BCUT2D eigenvalue weighted by atomic mass is 9.74. The molecule has 1 saturated carbocycles. The van der Waals surface area contributed by atoms with Crippen LogP contribution in [0.1, 0.15) is 50.2 Å². The fourth-order valence-corrected chi connectivity index (χ4v) is 2.68. The standard InChI is InChI=1S/C13H23N3O2/c1-17-9-5-6-11-15-12(18-16-11)13(10-14)7-3-2-4-8-13/h2-10,14H2,1H3. The number of nitrogens with zero attached hydrogens (tertiary/aromatic N) is 2. The van der Waals surface area contributed by atoms with Gasteiger partial charge in [-0.15, -0.1) is 0 Å². The fourth-order valence-electron chi connectivity index (χ4n) is 2.68. The van der Waals surface area contributed by atoms with Crippen LogP contribution in [0.3, 0.4) is 0 Å². The van der Waals surface area contributed by atoms with Gasteiger partial charge < -0.3 is 15.0 Å². The van der Waals surface area contributed by atoms with E-state index in [1.807, 2.05) is 0 Å². The molecule has 1 aliphatic carbocycles. The van der Waals surface area contributed by atoms with Gasteiger partial charge in [0.2, 0.25) is 5.89 Å². The average molecular weight is 253 g/mol. The third kappa shape index (κ3) is 2.90. The average Bonchev–Trinajstić information content (AvgIpc) is 2.89. The Kier molecular flexibility index (Phi) is 4.72. The van der Waals surface area contributed by atoms with E-state index >= 15 is 0 Å². The first-order chi connectivity index (χ1) is 8.80. The second-order valence-corrected chi connectivity index (χ2v) is 5.16. The Balaban J connectivity index is 2.02. The summed E-state index contributed by atoms with van der Waals surface area (Å²) in [7, 11) is 1.70. The van der Waals surface area contributed by atoms with Gasteiger partial charge >= 0.3 is 0 Å². The lowest BCUT2D eigenvalue weighted by Gasteiger charge is -2.32. The Morgan fingerprint density at radius 1 is 1.33 bits per heavy atom. The summed E-state index contributed by atoms with van der Waals surface area (Å²) in [5, 5.41) is 4.06. The summed E-state index contributed by atoms with van der Waals surface area (Å²) in [6.45, 7) is 1.33. The molecule has 2 N–H and O–H groups in total. The number of hydrogen-bond donors (Lipinski definition) is 1. The molecule has 0 spiro atoms. The zero-order chi connectivity index (χ0) is 12.8. The first-order valence-electron chi connectivity index (χ1n) is 6.83. The minimum atomic E-state index is -0.0647. The van der Waals surface area contributed by atoms with Crippen molar-refractivity contribution in [3.8, 4) is 0 Å². The summed E-state index contributed by atoms with van der Waals surface area (Å²) in [6, 6.07) is 0. The highest BCUT2D eigenvalue weighted by Gasteiger charge is 2.37. The van der Waals surface area contributed by atoms with Gasteiger partial charge in [-0.25, -0.2) is 0 Å². The van der Waals surface area contributed by atoms with E-state index in [9.17, 15) is 0 Å². The van der Waals surface area contributed by atoms with Crippen LogP contribution in [0, 0.1) is 0 Å². The Morgan fingerprint density at radius 2 is 2.11 bits per heavy atom. The van der Waals surface area contributed by atoms with Crippen molar-refractivity contribution in [3.63, 3.8) is 0 Å². The van der Waals surface area contributed by atoms with E-state index in [4.69, 9.17) is 15.0 Å². The topological polar surface area (TPSA) is 74.2 Å². The fraction of sp³-hybridized carbons (Fsp3) is 0.846. The van der Waals surface area contributed by atoms with Crippen LogP contribution in [-0.2, 0) is 16.6 Å². The van der Waals surface area contributed by atoms with Crippen molar-refractivity contribution in [2.45, 2.75) is 50.4 Å². The lowest BCUT2D eigenvalue weighted by molar-refractivity contribution is 0.194. The predicted octanol–water partition coefficient (Wildman–Crippen LogP) is 1.81. The molecular formula is C13H23N3O2. The van der Waals surface area contributed by atoms with E-state index in [1.165, 1.54) is 19.3 Å². The maximum atomic E-state index is 5.95. The Labute approximate surface area is 108 Å². The summed E-state index contributed by atoms with van der Waals surface area (Å²) in [5.41, 5.74) is 5.89. The normalized spacial score (nSPS) is 19.0. The molecule has 18 heavy (non-hydrogen) atoms. The van der Waals surface area contributed by atoms with Gasteiger partial charge in [0.05, 0.1) is 5.41 Å². The largest absolute Gasteiger partial charge is 0.385 e. The van der Waals surface area contributed by atoms with Gasteiger partial charge in [-0.3, -0.25) is 0 Å². The van der Waals surface area contributed by atoms with E-state index < -0.39 is 0 Å². The Hall–Kier alpha value is -0.940. The molecule has 1 aliphatic rings.